The molecule has 1 aromatic rings. The summed E-state index contributed by atoms with van der Waals surface area (Å²) in [5.74, 6) is 0. The van der Waals surface area contributed by atoms with Crippen molar-refractivity contribution in [2.24, 2.45) is 0 Å². The Hall–Kier alpha value is -1.10. The van der Waals surface area contributed by atoms with Gasteiger partial charge in [0.2, 0.25) is 5.69 Å². The fourth-order valence-corrected chi connectivity index (χ4v) is 1.61. The van der Waals surface area contributed by atoms with Crippen LogP contribution in [0.5, 0.6) is 0 Å². The van der Waals surface area contributed by atoms with Crippen LogP contribution in [0.2, 0.25) is 0 Å². The number of nitrogens with zero attached hydrogens (tertiary/aromatic N) is 1. The molecule has 0 aliphatic carbocycles. The Morgan fingerprint density at radius 2 is 2.23 bits per heavy atom. The van der Waals surface area contributed by atoms with Gasteiger partial charge in [0.1, 0.15) is 11.8 Å². The fraction of sp³-hybridized carbons (Fsp3) is 0.167. The van der Waals surface area contributed by atoms with E-state index in [2.05, 4.69) is 0 Å². The van der Waals surface area contributed by atoms with E-state index in [-0.39, 0.29) is 11.4 Å². The maximum absolute atomic E-state index is 11.0. The van der Waals surface area contributed by atoms with Gasteiger partial charge in [-0.15, -0.1) is 0 Å². The van der Waals surface area contributed by atoms with Crippen molar-refractivity contribution in [2.75, 3.05) is 5.73 Å². The van der Waals surface area contributed by atoms with Gasteiger partial charge in [0.15, 0.2) is 6.20 Å². The summed E-state index contributed by atoms with van der Waals surface area (Å²) in [6, 6.07) is 2.82. The van der Waals surface area contributed by atoms with Gasteiger partial charge in [0.25, 0.3) is 0 Å². The molecule has 1 aromatic heterocycles. The summed E-state index contributed by atoms with van der Waals surface area (Å²) >= 11 is 0. The van der Waals surface area contributed by atoms with Gasteiger partial charge in [-0.1, -0.05) is 0 Å². The minimum Gasteiger partial charge on any atom is -0.618 e. The summed E-state index contributed by atoms with van der Waals surface area (Å²) in [5.41, 5.74) is 5.35. The van der Waals surface area contributed by atoms with E-state index >= 15 is 0 Å². The van der Waals surface area contributed by atoms with E-state index in [0.717, 1.165) is 6.20 Å². The topological polar surface area (TPSA) is 110 Å². The predicted molar refractivity (Wildman–Crippen MR) is 45.6 cm³/mol. The zero-order valence-corrected chi connectivity index (χ0v) is 7.52. The van der Waals surface area contributed by atoms with Crippen LogP contribution >= 0.6 is 7.60 Å². The Labute approximate surface area is 74.4 Å². The Morgan fingerprint density at radius 1 is 1.62 bits per heavy atom. The van der Waals surface area contributed by atoms with Crippen molar-refractivity contribution < 1.29 is 19.1 Å². The van der Waals surface area contributed by atoms with Crippen molar-refractivity contribution in [1.29, 1.82) is 0 Å². The van der Waals surface area contributed by atoms with E-state index in [1.807, 2.05) is 0 Å². The zero-order chi connectivity index (χ0) is 10.1. The van der Waals surface area contributed by atoms with Gasteiger partial charge in [-0.05, 0) is 6.07 Å². The van der Waals surface area contributed by atoms with Gasteiger partial charge < -0.3 is 20.7 Å². The Balaban J connectivity index is 3.07. The van der Waals surface area contributed by atoms with Crippen molar-refractivity contribution in [3.63, 3.8) is 0 Å². The van der Waals surface area contributed by atoms with E-state index in [1.165, 1.54) is 12.1 Å². The van der Waals surface area contributed by atoms with E-state index < -0.39 is 13.8 Å². The van der Waals surface area contributed by atoms with Crippen LogP contribution in [0, 0.1) is 5.21 Å². The molecule has 1 heterocycles. The SMILES string of the molecule is Nc1ccc[n+]([O-])c1CP(=O)(O)O. The molecule has 0 spiro atoms. The lowest BCUT2D eigenvalue weighted by Gasteiger charge is -2.07. The number of hydrogen-bond acceptors (Lipinski definition) is 3. The first-order valence-corrected chi connectivity index (χ1v) is 5.21. The molecule has 0 saturated carbocycles. The van der Waals surface area contributed by atoms with Crippen LogP contribution in [0.3, 0.4) is 0 Å². The maximum Gasteiger partial charge on any atom is 0.336 e. The van der Waals surface area contributed by atoms with Crippen LogP contribution in [0.25, 0.3) is 0 Å². The van der Waals surface area contributed by atoms with E-state index in [9.17, 15) is 9.77 Å². The smallest absolute Gasteiger partial charge is 0.336 e. The third-order valence-corrected chi connectivity index (χ3v) is 2.16. The molecule has 0 amide bonds. The lowest BCUT2D eigenvalue weighted by atomic mass is 10.3. The van der Waals surface area contributed by atoms with E-state index in [1.54, 1.807) is 0 Å². The highest BCUT2D eigenvalue weighted by Gasteiger charge is 2.22. The second-order valence-electron chi connectivity index (χ2n) is 2.56. The van der Waals surface area contributed by atoms with Crippen molar-refractivity contribution in [1.82, 2.24) is 0 Å². The summed E-state index contributed by atoms with van der Waals surface area (Å²) < 4.78 is 10.9. The standard InChI is InChI=1S/C6H9N2O4P/c7-5-2-1-3-8(9)6(5)4-13(10,11)12/h1-3H,4,7H2,(H2,10,11,12). The quantitative estimate of drug-likeness (QED) is 0.344. The van der Waals surface area contributed by atoms with Crippen LogP contribution in [0.1, 0.15) is 5.69 Å². The minimum absolute atomic E-state index is 0.0841. The van der Waals surface area contributed by atoms with Crippen LogP contribution in [0.4, 0.5) is 5.69 Å². The molecule has 0 radical (unpaired) electrons. The number of anilines is 1. The van der Waals surface area contributed by atoms with Crippen molar-refractivity contribution in [3.05, 3.63) is 29.2 Å². The van der Waals surface area contributed by atoms with Crippen molar-refractivity contribution in [3.8, 4) is 0 Å². The third-order valence-electron chi connectivity index (χ3n) is 1.45. The summed E-state index contributed by atoms with van der Waals surface area (Å²) in [5, 5.41) is 11.0. The van der Waals surface area contributed by atoms with Crippen LogP contribution in [0.15, 0.2) is 18.3 Å². The van der Waals surface area contributed by atoms with E-state index in [4.69, 9.17) is 15.5 Å². The first kappa shape index (κ1) is 9.98. The molecule has 0 aromatic carbocycles. The normalized spacial score (nSPS) is 11.5. The summed E-state index contributed by atoms with van der Waals surface area (Å²) in [6.07, 6.45) is 0.504. The second kappa shape index (κ2) is 3.33. The number of hydrogen-bond donors (Lipinski definition) is 3. The molecule has 0 aliphatic rings. The molecule has 0 fully saturated rings. The number of rotatable bonds is 2. The van der Waals surface area contributed by atoms with Crippen LogP contribution in [-0.4, -0.2) is 9.79 Å². The third kappa shape index (κ3) is 2.69. The molecule has 6 nitrogen and oxygen atoms in total. The molecule has 7 heteroatoms. The fourth-order valence-electron chi connectivity index (χ4n) is 0.894. The number of aromatic nitrogens is 1. The Morgan fingerprint density at radius 3 is 2.69 bits per heavy atom. The van der Waals surface area contributed by atoms with Gasteiger partial charge in [-0.3, -0.25) is 4.57 Å². The molecule has 4 N–H and O–H groups in total. The minimum atomic E-state index is -4.24. The van der Waals surface area contributed by atoms with Crippen molar-refractivity contribution in [2.45, 2.75) is 6.16 Å². The molecule has 13 heavy (non-hydrogen) atoms. The molecular formula is C6H9N2O4P. The molecule has 72 valence electrons. The summed E-state index contributed by atoms with van der Waals surface area (Å²) in [7, 11) is -4.24. The van der Waals surface area contributed by atoms with Gasteiger partial charge in [-0.25, -0.2) is 0 Å². The van der Waals surface area contributed by atoms with Crippen LogP contribution in [-0.2, 0) is 10.7 Å². The highest BCUT2D eigenvalue weighted by molar-refractivity contribution is 7.50. The monoisotopic (exact) mass is 204 g/mol. The van der Waals surface area contributed by atoms with Gasteiger partial charge in [0, 0.05) is 6.07 Å². The van der Waals surface area contributed by atoms with Gasteiger partial charge in [-0.2, -0.15) is 4.73 Å². The maximum atomic E-state index is 11.0. The number of pyridine rings is 1. The Bertz CT molecular complexity index is 341. The van der Waals surface area contributed by atoms with Crippen LogP contribution < -0.4 is 10.5 Å². The lowest BCUT2D eigenvalue weighted by molar-refractivity contribution is -0.612. The summed E-state index contributed by atoms with van der Waals surface area (Å²) in [4.78, 5) is 17.2. The highest BCUT2D eigenvalue weighted by atomic mass is 31.2. The van der Waals surface area contributed by atoms with E-state index in [0.29, 0.717) is 4.73 Å². The largest absolute Gasteiger partial charge is 0.618 e. The molecule has 0 bridgehead atoms. The van der Waals surface area contributed by atoms with Crippen molar-refractivity contribution >= 4 is 13.3 Å². The first-order valence-electron chi connectivity index (χ1n) is 3.41. The number of nitrogen functional groups attached to an aromatic ring is 1. The second-order valence-corrected chi connectivity index (χ2v) is 4.20. The first-order chi connectivity index (χ1) is 5.90. The molecule has 0 atom stereocenters. The van der Waals surface area contributed by atoms with Gasteiger partial charge in [0.05, 0.1) is 0 Å². The molecule has 0 saturated heterocycles. The molecule has 0 aliphatic heterocycles. The molecule has 0 unspecified atom stereocenters. The lowest BCUT2D eigenvalue weighted by Crippen LogP contribution is -2.32. The zero-order valence-electron chi connectivity index (χ0n) is 6.62. The number of nitrogens with two attached hydrogens (primary N) is 1. The average Bonchev–Trinajstić information content (AvgIpc) is 1.95. The Kier molecular flexibility index (Phi) is 2.56. The predicted octanol–water partition coefficient (Wildman–Crippen LogP) is -0.420. The molecular weight excluding hydrogens is 195 g/mol. The van der Waals surface area contributed by atoms with Gasteiger partial charge >= 0.3 is 7.60 Å². The summed E-state index contributed by atoms with van der Waals surface area (Å²) in [6.45, 7) is 0. The highest BCUT2D eigenvalue weighted by Crippen LogP contribution is 2.39. The average molecular weight is 204 g/mol. The molecule has 1 rings (SSSR count).